The smallest absolute Gasteiger partial charge is 0.0640 e. The molecule has 0 unspecified atom stereocenters. The lowest BCUT2D eigenvalue weighted by molar-refractivity contribution is 1.30. The van der Waals surface area contributed by atoms with Crippen molar-refractivity contribution in [2.24, 2.45) is 0 Å². The quantitative estimate of drug-likeness (QED) is 0.135. The Morgan fingerprint density at radius 3 is 0.946 bits per heavy atom. The molecule has 14 rings (SSSR count). The van der Waals surface area contributed by atoms with E-state index in [0.717, 1.165) is 89.4 Å². The number of thiophene rings is 2. The average Bonchev–Trinajstić information content (AvgIpc) is 4.06. The van der Waals surface area contributed by atoms with Crippen LogP contribution in [0.15, 0.2) is 279 Å². The maximum Gasteiger partial charge on any atom is 0.0640 e. The summed E-state index contributed by atoms with van der Waals surface area (Å²) in [6.07, 6.45) is 0. The highest BCUT2D eigenvalue weighted by Gasteiger charge is 2.27. The highest BCUT2D eigenvalue weighted by Crippen LogP contribution is 2.54. The van der Waals surface area contributed by atoms with Gasteiger partial charge in [0.05, 0.1) is 43.5 Å². The zero-order valence-corrected chi connectivity index (χ0v) is 41.9. The van der Waals surface area contributed by atoms with E-state index in [4.69, 9.17) is 0 Å². The molecule has 2 aromatic heterocycles. The van der Waals surface area contributed by atoms with Crippen LogP contribution in [0.4, 0.5) is 34.1 Å². The molecular formula is C70H46N2S2. The molecule has 0 aliphatic heterocycles. The normalized spacial score (nSPS) is 11.5. The molecule has 0 fully saturated rings. The summed E-state index contributed by atoms with van der Waals surface area (Å²) in [7, 11) is 0. The molecule has 0 saturated carbocycles. The van der Waals surface area contributed by atoms with Crippen molar-refractivity contribution < 1.29 is 0 Å². The van der Waals surface area contributed by atoms with Crippen molar-refractivity contribution in [3.05, 3.63) is 279 Å². The van der Waals surface area contributed by atoms with Gasteiger partial charge in [-0.15, -0.1) is 22.7 Å². The summed E-state index contributed by atoms with van der Waals surface area (Å²) in [5.41, 5.74) is 15.9. The molecule has 12 aromatic carbocycles. The van der Waals surface area contributed by atoms with Crippen LogP contribution in [0, 0.1) is 0 Å². The number of rotatable bonds is 10. The highest BCUT2D eigenvalue weighted by atomic mass is 32.1. The molecule has 4 heteroatoms. The van der Waals surface area contributed by atoms with Gasteiger partial charge in [-0.05, 0) is 93.7 Å². The van der Waals surface area contributed by atoms with Crippen molar-refractivity contribution in [2.75, 3.05) is 9.80 Å². The zero-order valence-electron chi connectivity index (χ0n) is 40.3. The first kappa shape index (κ1) is 43.7. The third-order valence-corrected chi connectivity index (χ3v) is 16.8. The van der Waals surface area contributed by atoms with E-state index >= 15 is 0 Å². The van der Waals surface area contributed by atoms with Crippen LogP contribution in [0.25, 0.3) is 95.6 Å². The van der Waals surface area contributed by atoms with E-state index in [-0.39, 0.29) is 0 Å². The van der Waals surface area contributed by atoms with Gasteiger partial charge in [0.25, 0.3) is 0 Å². The zero-order chi connectivity index (χ0) is 49.0. The number of benzene rings is 12. The molecule has 14 aromatic rings. The average molecular weight is 979 g/mol. The minimum Gasteiger partial charge on any atom is -0.308 e. The summed E-state index contributed by atoms with van der Waals surface area (Å²) < 4.78 is 5.04. The highest BCUT2D eigenvalue weighted by molar-refractivity contribution is 7.26. The van der Waals surface area contributed by atoms with Crippen LogP contribution >= 0.6 is 22.7 Å². The second kappa shape index (κ2) is 18.5. The van der Waals surface area contributed by atoms with Crippen LogP contribution in [0.5, 0.6) is 0 Å². The maximum atomic E-state index is 2.55. The van der Waals surface area contributed by atoms with Crippen LogP contribution in [0.1, 0.15) is 0 Å². The van der Waals surface area contributed by atoms with Crippen LogP contribution in [-0.2, 0) is 0 Å². The second-order valence-corrected chi connectivity index (χ2v) is 20.9. The van der Waals surface area contributed by atoms with E-state index < -0.39 is 0 Å². The van der Waals surface area contributed by atoms with Gasteiger partial charge >= 0.3 is 0 Å². The molecule has 74 heavy (non-hydrogen) atoms. The van der Waals surface area contributed by atoms with Crippen molar-refractivity contribution in [1.29, 1.82) is 0 Å². The third-order valence-electron chi connectivity index (χ3n) is 14.4. The fraction of sp³-hybridized carbons (Fsp3) is 0. The molecule has 0 N–H and O–H groups in total. The van der Waals surface area contributed by atoms with Crippen molar-refractivity contribution in [1.82, 2.24) is 0 Å². The molecule has 0 aliphatic carbocycles. The summed E-state index contributed by atoms with van der Waals surface area (Å²) in [4.78, 5) is 5.10. The van der Waals surface area contributed by atoms with Crippen molar-refractivity contribution in [2.45, 2.75) is 0 Å². The van der Waals surface area contributed by atoms with Crippen LogP contribution in [0.3, 0.4) is 0 Å². The lowest BCUT2D eigenvalue weighted by Crippen LogP contribution is -2.14. The van der Waals surface area contributed by atoms with Crippen molar-refractivity contribution >= 4 is 108 Å². The van der Waals surface area contributed by atoms with E-state index in [9.17, 15) is 0 Å². The lowest BCUT2D eigenvalue weighted by Gasteiger charge is -2.32. The molecular weight excluding hydrogens is 933 g/mol. The molecule has 0 aliphatic rings. The Balaban J connectivity index is 1.11. The fourth-order valence-corrected chi connectivity index (χ4v) is 13.5. The summed E-state index contributed by atoms with van der Waals surface area (Å²) in [5.74, 6) is 0. The second-order valence-electron chi connectivity index (χ2n) is 18.8. The van der Waals surface area contributed by atoms with Gasteiger partial charge in [-0.25, -0.2) is 0 Å². The third kappa shape index (κ3) is 7.54. The van der Waals surface area contributed by atoms with E-state index in [1.54, 1.807) is 0 Å². The van der Waals surface area contributed by atoms with Gasteiger partial charge < -0.3 is 9.80 Å². The monoisotopic (exact) mass is 978 g/mol. The Bertz CT molecular complexity index is 4090. The van der Waals surface area contributed by atoms with Gasteiger partial charge in [0.1, 0.15) is 0 Å². The SMILES string of the molecule is c1ccc(-c2ccccc2N(c2cc3cc(N(c4ccccc4-c4ccccc4)c4cccc5c4sc4ccccc45)c(-c4ccccc4)cc3cc2-c2ccccc2)c2cccc3c2sc2ccccc23)cc1. The van der Waals surface area contributed by atoms with E-state index in [0.29, 0.717) is 0 Å². The molecule has 2 nitrogen and oxygen atoms in total. The summed E-state index contributed by atoms with van der Waals surface area (Å²) in [5, 5.41) is 7.34. The lowest BCUT2D eigenvalue weighted by atomic mass is 9.92. The minimum atomic E-state index is 1.10. The number of hydrogen-bond acceptors (Lipinski definition) is 4. The number of nitrogens with zero attached hydrogens (tertiary/aromatic N) is 2. The van der Waals surface area contributed by atoms with E-state index in [1.165, 1.54) is 40.3 Å². The Kier molecular flexibility index (Phi) is 10.9. The van der Waals surface area contributed by atoms with Gasteiger partial charge in [0.2, 0.25) is 0 Å². The molecule has 0 atom stereocenters. The van der Waals surface area contributed by atoms with E-state index in [2.05, 4.69) is 289 Å². The van der Waals surface area contributed by atoms with Crippen LogP contribution < -0.4 is 9.80 Å². The van der Waals surface area contributed by atoms with Gasteiger partial charge in [-0.3, -0.25) is 0 Å². The van der Waals surface area contributed by atoms with E-state index in [1.807, 2.05) is 22.7 Å². The van der Waals surface area contributed by atoms with Gasteiger partial charge in [-0.1, -0.05) is 218 Å². The summed E-state index contributed by atoms with van der Waals surface area (Å²) >= 11 is 3.74. The molecule has 2 heterocycles. The maximum absolute atomic E-state index is 2.55. The minimum absolute atomic E-state index is 1.10. The predicted octanol–water partition coefficient (Wildman–Crippen LogP) is 21.2. The molecule has 0 saturated heterocycles. The Labute approximate surface area is 438 Å². The number of para-hydroxylation sites is 2. The van der Waals surface area contributed by atoms with Crippen molar-refractivity contribution in [3.8, 4) is 44.5 Å². The molecule has 0 amide bonds. The summed E-state index contributed by atoms with van der Waals surface area (Å²) in [6, 6.07) is 103. The van der Waals surface area contributed by atoms with Crippen LogP contribution in [0.2, 0.25) is 0 Å². The first-order valence-corrected chi connectivity index (χ1v) is 26.8. The molecule has 0 bridgehead atoms. The molecule has 348 valence electrons. The van der Waals surface area contributed by atoms with Crippen LogP contribution in [-0.4, -0.2) is 0 Å². The standard InChI is InChI=1S/C70H46N2S2/c1-5-23-47(24-6-1)53-31-13-17-37-61(53)71(63-39-21-35-57-55-33-15-19-41-67(55)73-69(57)63)65-45-52-46-66(60(50-29-11-4-12-30-50)44-51(52)43-59(65)49-27-9-3-10-28-49)72(62-38-18-14-32-54(62)48-25-7-2-8-26-48)64-40-22-36-58-56-34-16-20-42-68(56)74-70(58)64/h1-46H. The Hall–Kier alpha value is -9.06. The fourth-order valence-electron chi connectivity index (χ4n) is 11.0. The number of hydrogen-bond donors (Lipinski definition) is 0. The first-order chi connectivity index (χ1) is 36.7. The largest absolute Gasteiger partial charge is 0.308 e. The van der Waals surface area contributed by atoms with Gasteiger partial charge in [0.15, 0.2) is 0 Å². The van der Waals surface area contributed by atoms with Gasteiger partial charge in [0, 0.05) is 53.2 Å². The molecule has 0 spiro atoms. The number of anilines is 6. The van der Waals surface area contributed by atoms with Crippen molar-refractivity contribution in [3.63, 3.8) is 0 Å². The first-order valence-electron chi connectivity index (χ1n) is 25.2. The molecule has 0 radical (unpaired) electrons. The predicted molar refractivity (Wildman–Crippen MR) is 321 cm³/mol. The Morgan fingerprint density at radius 1 is 0.216 bits per heavy atom. The summed E-state index contributed by atoms with van der Waals surface area (Å²) in [6.45, 7) is 0. The van der Waals surface area contributed by atoms with Gasteiger partial charge in [-0.2, -0.15) is 0 Å². The Morgan fingerprint density at radius 2 is 0.527 bits per heavy atom. The number of fused-ring (bicyclic) bond motifs is 7. The topological polar surface area (TPSA) is 6.48 Å².